The van der Waals surface area contributed by atoms with Crippen LogP contribution in [0, 0.1) is 5.92 Å². The second-order valence-electron chi connectivity index (χ2n) is 6.21. The lowest BCUT2D eigenvalue weighted by atomic mass is 10.1. The number of amides is 1. The van der Waals surface area contributed by atoms with E-state index >= 15 is 0 Å². The first-order chi connectivity index (χ1) is 8.56. The molecule has 2 saturated heterocycles. The maximum atomic E-state index is 11.6. The molecule has 2 unspecified atom stereocenters. The highest BCUT2D eigenvalue weighted by atomic mass is 16.2. The number of piperazine rings is 1. The van der Waals surface area contributed by atoms with Crippen LogP contribution in [0.25, 0.3) is 0 Å². The summed E-state index contributed by atoms with van der Waals surface area (Å²) in [6.45, 7) is 12.0. The third-order valence-corrected chi connectivity index (χ3v) is 4.02. The second kappa shape index (κ2) is 6.02. The van der Waals surface area contributed by atoms with E-state index in [1.165, 1.54) is 0 Å². The molecule has 0 aromatic rings. The van der Waals surface area contributed by atoms with Crippen molar-refractivity contribution < 1.29 is 4.79 Å². The normalized spacial score (nSPS) is 26.8. The molecule has 4 nitrogen and oxygen atoms in total. The summed E-state index contributed by atoms with van der Waals surface area (Å²) in [6, 6.07) is 1.06. The van der Waals surface area contributed by atoms with E-state index in [0.717, 1.165) is 45.6 Å². The number of carbonyl (C=O) groups excluding carboxylic acids is 1. The van der Waals surface area contributed by atoms with Crippen LogP contribution >= 0.6 is 0 Å². The van der Waals surface area contributed by atoms with Crippen LogP contribution in [0.2, 0.25) is 0 Å². The van der Waals surface area contributed by atoms with Crippen molar-refractivity contribution >= 4 is 5.91 Å². The van der Waals surface area contributed by atoms with E-state index in [1.54, 1.807) is 0 Å². The first-order valence-electron chi connectivity index (χ1n) is 7.31. The molecule has 1 amide bonds. The number of hydrogen-bond donors (Lipinski definition) is 1. The van der Waals surface area contributed by atoms with Gasteiger partial charge in [-0.25, -0.2) is 0 Å². The minimum absolute atomic E-state index is 0.370. The van der Waals surface area contributed by atoms with Crippen molar-refractivity contribution in [1.29, 1.82) is 0 Å². The Labute approximate surface area is 111 Å². The van der Waals surface area contributed by atoms with Crippen LogP contribution < -0.4 is 5.32 Å². The van der Waals surface area contributed by atoms with Crippen LogP contribution in [-0.2, 0) is 4.79 Å². The fourth-order valence-electron chi connectivity index (χ4n) is 3.04. The molecule has 0 aromatic heterocycles. The summed E-state index contributed by atoms with van der Waals surface area (Å²) in [5.41, 5.74) is 0. The third-order valence-electron chi connectivity index (χ3n) is 4.02. The van der Waals surface area contributed by atoms with Gasteiger partial charge in [0.25, 0.3) is 0 Å². The summed E-state index contributed by atoms with van der Waals surface area (Å²) < 4.78 is 0. The molecule has 0 aliphatic carbocycles. The smallest absolute Gasteiger partial charge is 0.222 e. The quantitative estimate of drug-likeness (QED) is 0.791. The van der Waals surface area contributed by atoms with Crippen molar-refractivity contribution in [2.75, 3.05) is 32.7 Å². The van der Waals surface area contributed by atoms with Gasteiger partial charge in [0.2, 0.25) is 5.91 Å². The Morgan fingerprint density at radius 3 is 2.83 bits per heavy atom. The number of fused-ring (bicyclic) bond motifs is 1. The molecule has 2 aliphatic heterocycles. The van der Waals surface area contributed by atoms with E-state index in [4.69, 9.17) is 0 Å². The topological polar surface area (TPSA) is 35.6 Å². The largest absolute Gasteiger partial charge is 0.337 e. The molecular formula is C14H27N3O. The summed E-state index contributed by atoms with van der Waals surface area (Å²) in [5.74, 6) is 1.05. The Balaban J connectivity index is 1.73. The number of nitrogens with zero attached hydrogens (tertiary/aromatic N) is 2. The van der Waals surface area contributed by atoms with Gasteiger partial charge in [0.15, 0.2) is 0 Å². The molecule has 0 spiro atoms. The van der Waals surface area contributed by atoms with Gasteiger partial charge in [-0.15, -0.1) is 0 Å². The van der Waals surface area contributed by atoms with Gasteiger partial charge in [-0.2, -0.15) is 0 Å². The molecule has 2 aliphatic rings. The molecule has 0 radical (unpaired) electrons. The fourth-order valence-corrected chi connectivity index (χ4v) is 3.04. The lowest BCUT2D eigenvalue weighted by molar-refractivity contribution is -0.130. The Bertz CT molecular complexity index is 293. The molecule has 0 saturated carbocycles. The standard InChI is InChI=1S/C14H27N3O/c1-11(2)15-8-12(3)9-16-6-7-17-13(10-16)4-5-14(17)18/h11-13,15H,4-10H2,1-3H3. The molecule has 104 valence electrons. The Hall–Kier alpha value is -0.610. The molecule has 2 rings (SSSR count). The Morgan fingerprint density at radius 1 is 1.33 bits per heavy atom. The third kappa shape index (κ3) is 3.45. The predicted molar refractivity (Wildman–Crippen MR) is 73.5 cm³/mol. The maximum Gasteiger partial charge on any atom is 0.222 e. The summed E-state index contributed by atoms with van der Waals surface area (Å²) in [5, 5.41) is 3.50. The molecule has 0 bridgehead atoms. The van der Waals surface area contributed by atoms with Gasteiger partial charge >= 0.3 is 0 Å². The summed E-state index contributed by atoms with van der Waals surface area (Å²) in [6.07, 6.45) is 1.83. The minimum Gasteiger partial charge on any atom is -0.337 e. The summed E-state index contributed by atoms with van der Waals surface area (Å²) >= 11 is 0. The molecule has 0 aromatic carbocycles. The van der Waals surface area contributed by atoms with E-state index in [9.17, 15) is 4.79 Å². The Morgan fingerprint density at radius 2 is 2.11 bits per heavy atom. The van der Waals surface area contributed by atoms with Gasteiger partial charge in [0.05, 0.1) is 0 Å². The lowest BCUT2D eigenvalue weighted by Gasteiger charge is -2.38. The van der Waals surface area contributed by atoms with Crippen LogP contribution in [0.5, 0.6) is 0 Å². The highest BCUT2D eigenvalue weighted by Crippen LogP contribution is 2.23. The van der Waals surface area contributed by atoms with E-state index in [0.29, 0.717) is 23.9 Å². The van der Waals surface area contributed by atoms with E-state index in [1.807, 2.05) is 0 Å². The first kappa shape index (κ1) is 13.8. The SMILES string of the molecule is CC(CNC(C)C)CN1CCN2C(=O)CCC2C1. The Kier molecular flexibility index (Phi) is 4.62. The number of hydrogen-bond acceptors (Lipinski definition) is 3. The molecule has 2 heterocycles. The maximum absolute atomic E-state index is 11.6. The molecule has 2 fully saturated rings. The highest BCUT2D eigenvalue weighted by molar-refractivity contribution is 5.78. The van der Waals surface area contributed by atoms with Gasteiger partial charge in [0, 0.05) is 44.7 Å². The number of carbonyl (C=O) groups is 1. The first-order valence-corrected chi connectivity index (χ1v) is 7.31. The van der Waals surface area contributed by atoms with Crippen molar-refractivity contribution in [3.05, 3.63) is 0 Å². The van der Waals surface area contributed by atoms with Crippen LogP contribution in [-0.4, -0.2) is 60.5 Å². The number of nitrogens with one attached hydrogen (secondary N) is 1. The number of rotatable bonds is 5. The zero-order valence-corrected chi connectivity index (χ0v) is 12.0. The molecule has 2 atom stereocenters. The second-order valence-corrected chi connectivity index (χ2v) is 6.21. The van der Waals surface area contributed by atoms with Crippen molar-refractivity contribution in [1.82, 2.24) is 15.1 Å². The van der Waals surface area contributed by atoms with Gasteiger partial charge < -0.3 is 10.2 Å². The predicted octanol–water partition coefficient (Wildman–Crippen LogP) is 0.927. The molecule has 18 heavy (non-hydrogen) atoms. The van der Waals surface area contributed by atoms with E-state index < -0.39 is 0 Å². The van der Waals surface area contributed by atoms with E-state index in [2.05, 4.69) is 35.9 Å². The molecule has 1 N–H and O–H groups in total. The van der Waals surface area contributed by atoms with E-state index in [-0.39, 0.29) is 0 Å². The van der Waals surface area contributed by atoms with Crippen LogP contribution in [0.3, 0.4) is 0 Å². The average molecular weight is 253 g/mol. The zero-order chi connectivity index (χ0) is 13.1. The zero-order valence-electron chi connectivity index (χ0n) is 12.0. The summed E-state index contributed by atoms with van der Waals surface area (Å²) in [7, 11) is 0. The van der Waals surface area contributed by atoms with Gasteiger partial charge in [-0.05, 0) is 18.9 Å². The van der Waals surface area contributed by atoms with Crippen molar-refractivity contribution in [2.45, 2.75) is 45.7 Å². The molecule has 4 heteroatoms. The van der Waals surface area contributed by atoms with Crippen LogP contribution in [0.15, 0.2) is 0 Å². The summed E-state index contributed by atoms with van der Waals surface area (Å²) in [4.78, 5) is 16.2. The van der Waals surface area contributed by atoms with Crippen molar-refractivity contribution in [2.24, 2.45) is 5.92 Å². The van der Waals surface area contributed by atoms with Gasteiger partial charge in [-0.3, -0.25) is 9.69 Å². The monoisotopic (exact) mass is 253 g/mol. The average Bonchev–Trinajstić information content (AvgIpc) is 2.68. The van der Waals surface area contributed by atoms with Crippen LogP contribution in [0.4, 0.5) is 0 Å². The van der Waals surface area contributed by atoms with Crippen molar-refractivity contribution in [3.63, 3.8) is 0 Å². The fraction of sp³-hybridized carbons (Fsp3) is 0.929. The van der Waals surface area contributed by atoms with Gasteiger partial charge in [-0.1, -0.05) is 20.8 Å². The van der Waals surface area contributed by atoms with Crippen LogP contribution in [0.1, 0.15) is 33.6 Å². The minimum atomic E-state index is 0.370. The highest BCUT2D eigenvalue weighted by Gasteiger charge is 2.35. The van der Waals surface area contributed by atoms with Gasteiger partial charge in [0.1, 0.15) is 0 Å². The molecular weight excluding hydrogens is 226 g/mol. The van der Waals surface area contributed by atoms with Crippen molar-refractivity contribution in [3.8, 4) is 0 Å². The lowest BCUT2D eigenvalue weighted by Crippen LogP contribution is -2.52.